The predicted octanol–water partition coefficient (Wildman–Crippen LogP) is 4.16. The van der Waals surface area contributed by atoms with Crippen molar-refractivity contribution in [3.05, 3.63) is 71.0 Å². The van der Waals surface area contributed by atoms with Gasteiger partial charge in [0.1, 0.15) is 6.10 Å². The van der Waals surface area contributed by atoms with E-state index in [1.54, 1.807) is 18.2 Å². The van der Waals surface area contributed by atoms with Gasteiger partial charge in [-0.25, -0.2) is 14.8 Å². The first-order valence-electron chi connectivity index (χ1n) is 7.55. The number of hydrogen-bond acceptors (Lipinski definition) is 4. The Kier molecular flexibility index (Phi) is 4.06. The summed E-state index contributed by atoms with van der Waals surface area (Å²) in [5.74, 6) is -0.358. The van der Waals surface area contributed by atoms with Crippen LogP contribution in [0.3, 0.4) is 0 Å². The largest absolute Gasteiger partial charge is 0.454 e. The maximum Gasteiger partial charge on any atom is 0.338 e. The van der Waals surface area contributed by atoms with E-state index in [0.29, 0.717) is 11.1 Å². The van der Waals surface area contributed by atoms with Crippen molar-refractivity contribution >= 4 is 17.0 Å². The molecular weight excluding hydrogens is 288 g/mol. The zero-order chi connectivity index (χ0) is 16.4. The lowest BCUT2D eigenvalue weighted by atomic mass is 10.1. The molecule has 4 heteroatoms. The highest BCUT2D eigenvalue weighted by molar-refractivity contribution is 5.93. The molecule has 0 spiro atoms. The minimum atomic E-state index is -0.358. The first kappa shape index (κ1) is 15.2. The average Bonchev–Trinajstić information content (AvgIpc) is 2.56. The molecule has 0 amide bonds. The van der Waals surface area contributed by atoms with Crippen LogP contribution in [0.2, 0.25) is 0 Å². The molecule has 0 fully saturated rings. The maximum atomic E-state index is 12.4. The first-order valence-corrected chi connectivity index (χ1v) is 7.55. The SMILES string of the molecule is Cc1nc2ccc(C(=O)O[C@@H](C)c3ccccc3)cc2nc1C. The van der Waals surface area contributed by atoms with Crippen molar-refractivity contribution in [3.8, 4) is 0 Å². The highest BCUT2D eigenvalue weighted by atomic mass is 16.5. The van der Waals surface area contributed by atoms with Crippen LogP contribution in [0.1, 0.15) is 40.3 Å². The number of ether oxygens (including phenoxy) is 1. The second-order valence-corrected chi connectivity index (χ2v) is 5.56. The maximum absolute atomic E-state index is 12.4. The van der Waals surface area contributed by atoms with E-state index in [4.69, 9.17) is 4.74 Å². The quantitative estimate of drug-likeness (QED) is 0.682. The molecule has 3 aromatic rings. The topological polar surface area (TPSA) is 52.1 Å². The Morgan fingerprint density at radius 1 is 0.957 bits per heavy atom. The van der Waals surface area contributed by atoms with Crippen molar-refractivity contribution < 1.29 is 9.53 Å². The summed E-state index contributed by atoms with van der Waals surface area (Å²) in [6.07, 6.45) is -0.301. The number of aryl methyl sites for hydroxylation is 2. The molecule has 0 bridgehead atoms. The lowest BCUT2D eigenvalue weighted by Gasteiger charge is -2.13. The molecule has 2 aromatic carbocycles. The van der Waals surface area contributed by atoms with Gasteiger partial charge in [-0.2, -0.15) is 0 Å². The minimum absolute atomic E-state index is 0.301. The van der Waals surface area contributed by atoms with Crippen LogP contribution in [0.15, 0.2) is 48.5 Å². The molecular formula is C19H18N2O2. The van der Waals surface area contributed by atoms with Gasteiger partial charge in [0.2, 0.25) is 0 Å². The molecule has 23 heavy (non-hydrogen) atoms. The monoisotopic (exact) mass is 306 g/mol. The summed E-state index contributed by atoms with van der Waals surface area (Å²) >= 11 is 0. The van der Waals surface area contributed by atoms with Gasteiger partial charge in [0.15, 0.2) is 0 Å². The number of esters is 1. The third kappa shape index (κ3) is 3.21. The number of aromatic nitrogens is 2. The van der Waals surface area contributed by atoms with Gasteiger partial charge in [-0.15, -0.1) is 0 Å². The van der Waals surface area contributed by atoms with E-state index in [2.05, 4.69) is 9.97 Å². The van der Waals surface area contributed by atoms with Crippen LogP contribution in [-0.2, 0) is 4.74 Å². The smallest absolute Gasteiger partial charge is 0.338 e. The lowest BCUT2D eigenvalue weighted by molar-refractivity contribution is 0.0338. The molecule has 1 heterocycles. The average molecular weight is 306 g/mol. The molecule has 0 saturated carbocycles. The first-order chi connectivity index (χ1) is 11.0. The number of rotatable bonds is 3. The molecule has 0 aliphatic heterocycles. The van der Waals surface area contributed by atoms with Crippen LogP contribution in [-0.4, -0.2) is 15.9 Å². The molecule has 116 valence electrons. The normalized spacial score (nSPS) is 12.1. The second-order valence-electron chi connectivity index (χ2n) is 5.56. The van der Waals surface area contributed by atoms with E-state index in [-0.39, 0.29) is 12.1 Å². The summed E-state index contributed by atoms with van der Waals surface area (Å²) in [6.45, 7) is 5.69. The van der Waals surface area contributed by atoms with E-state index in [9.17, 15) is 4.79 Å². The van der Waals surface area contributed by atoms with E-state index < -0.39 is 0 Å². The Bertz CT molecular complexity index is 860. The van der Waals surface area contributed by atoms with Crippen LogP contribution in [0.4, 0.5) is 0 Å². The highest BCUT2D eigenvalue weighted by Gasteiger charge is 2.14. The van der Waals surface area contributed by atoms with Crippen LogP contribution in [0.5, 0.6) is 0 Å². The molecule has 0 radical (unpaired) electrons. The molecule has 0 unspecified atom stereocenters. The zero-order valence-electron chi connectivity index (χ0n) is 13.4. The number of carbonyl (C=O) groups excluding carboxylic acids is 1. The number of hydrogen-bond donors (Lipinski definition) is 0. The highest BCUT2D eigenvalue weighted by Crippen LogP contribution is 2.20. The third-order valence-electron chi connectivity index (χ3n) is 3.86. The molecule has 1 aromatic heterocycles. The molecule has 3 rings (SSSR count). The molecule has 0 N–H and O–H groups in total. The Hall–Kier alpha value is -2.75. The molecule has 1 atom stereocenters. The Labute approximate surface area is 135 Å². The fourth-order valence-corrected chi connectivity index (χ4v) is 2.38. The number of benzene rings is 2. The van der Waals surface area contributed by atoms with Crippen molar-refractivity contribution in [1.82, 2.24) is 9.97 Å². The lowest BCUT2D eigenvalue weighted by Crippen LogP contribution is -2.09. The second kappa shape index (κ2) is 6.16. The summed E-state index contributed by atoms with van der Waals surface area (Å²) in [7, 11) is 0. The molecule has 0 aliphatic rings. The minimum Gasteiger partial charge on any atom is -0.454 e. The number of carbonyl (C=O) groups is 1. The van der Waals surface area contributed by atoms with Crippen molar-refractivity contribution in [1.29, 1.82) is 0 Å². The van der Waals surface area contributed by atoms with E-state index in [1.165, 1.54) is 0 Å². The van der Waals surface area contributed by atoms with Gasteiger partial charge in [0.05, 0.1) is 28.0 Å². The zero-order valence-corrected chi connectivity index (χ0v) is 13.4. The van der Waals surface area contributed by atoms with Gasteiger partial charge in [-0.1, -0.05) is 30.3 Å². The van der Waals surface area contributed by atoms with Gasteiger partial charge < -0.3 is 4.74 Å². The Balaban J connectivity index is 1.85. The summed E-state index contributed by atoms with van der Waals surface area (Å²) < 4.78 is 5.54. The van der Waals surface area contributed by atoms with Gasteiger partial charge in [-0.3, -0.25) is 0 Å². The van der Waals surface area contributed by atoms with Crippen molar-refractivity contribution in [2.75, 3.05) is 0 Å². The Morgan fingerprint density at radius 2 is 1.61 bits per heavy atom. The fourth-order valence-electron chi connectivity index (χ4n) is 2.38. The summed E-state index contributed by atoms with van der Waals surface area (Å²) in [5, 5.41) is 0. The van der Waals surface area contributed by atoms with E-state index in [0.717, 1.165) is 22.5 Å². The van der Waals surface area contributed by atoms with E-state index >= 15 is 0 Å². The summed E-state index contributed by atoms with van der Waals surface area (Å²) in [6, 6.07) is 14.9. The summed E-state index contributed by atoms with van der Waals surface area (Å²) in [4.78, 5) is 21.3. The number of nitrogens with zero attached hydrogens (tertiary/aromatic N) is 2. The van der Waals surface area contributed by atoms with Gasteiger partial charge in [0, 0.05) is 0 Å². The molecule has 0 aliphatic carbocycles. The van der Waals surface area contributed by atoms with E-state index in [1.807, 2.05) is 51.1 Å². The van der Waals surface area contributed by atoms with Gasteiger partial charge in [0.25, 0.3) is 0 Å². The Morgan fingerprint density at radius 3 is 2.30 bits per heavy atom. The van der Waals surface area contributed by atoms with Crippen LogP contribution >= 0.6 is 0 Å². The van der Waals surface area contributed by atoms with Crippen molar-refractivity contribution in [3.63, 3.8) is 0 Å². The fraction of sp³-hybridized carbons (Fsp3) is 0.211. The standard InChI is InChI=1S/C19H18N2O2/c1-12-13(2)21-18-11-16(9-10-17(18)20-12)19(22)23-14(3)15-7-5-4-6-8-15/h4-11,14H,1-3H3/t14-/m0/s1. The van der Waals surface area contributed by atoms with Gasteiger partial charge in [-0.05, 0) is 44.5 Å². The molecule has 4 nitrogen and oxygen atoms in total. The van der Waals surface area contributed by atoms with Crippen LogP contribution < -0.4 is 0 Å². The van der Waals surface area contributed by atoms with Crippen molar-refractivity contribution in [2.45, 2.75) is 26.9 Å². The molecule has 0 saturated heterocycles. The predicted molar refractivity (Wildman–Crippen MR) is 89.3 cm³/mol. The summed E-state index contributed by atoms with van der Waals surface area (Å²) in [5.41, 5.74) is 4.69. The third-order valence-corrected chi connectivity index (χ3v) is 3.86. The van der Waals surface area contributed by atoms with Gasteiger partial charge >= 0.3 is 5.97 Å². The van der Waals surface area contributed by atoms with Crippen LogP contribution in [0, 0.1) is 13.8 Å². The number of fused-ring (bicyclic) bond motifs is 1. The van der Waals surface area contributed by atoms with Crippen molar-refractivity contribution in [2.24, 2.45) is 0 Å². The van der Waals surface area contributed by atoms with Crippen LogP contribution in [0.25, 0.3) is 11.0 Å².